The van der Waals surface area contributed by atoms with Crippen LogP contribution < -0.4 is 10.9 Å². The van der Waals surface area contributed by atoms with Crippen LogP contribution in [-0.2, 0) is 0 Å². The summed E-state index contributed by atoms with van der Waals surface area (Å²) in [5.41, 5.74) is -0.188. The molecule has 20 heavy (non-hydrogen) atoms. The van der Waals surface area contributed by atoms with Gasteiger partial charge in [-0.15, -0.1) is 0 Å². The van der Waals surface area contributed by atoms with Gasteiger partial charge in [0.1, 0.15) is 11.1 Å². The maximum Gasteiger partial charge on any atom is 0.266 e. The molecule has 0 saturated carbocycles. The van der Waals surface area contributed by atoms with Gasteiger partial charge in [0.05, 0.1) is 5.56 Å². The first-order chi connectivity index (χ1) is 9.51. The zero-order valence-electron chi connectivity index (χ0n) is 10.9. The molecule has 7 nitrogen and oxygen atoms in total. The number of pyridine rings is 1. The van der Waals surface area contributed by atoms with Gasteiger partial charge in [0, 0.05) is 6.20 Å². The van der Waals surface area contributed by atoms with Crippen LogP contribution in [0.3, 0.4) is 0 Å². The summed E-state index contributed by atoms with van der Waals surface area (Å²) in [4.78, 5) is 29.7. The molecule has 2 rings (SSSR count). The largest absolute Gasteiger partial charge is 0.340 e. The molecule has 0 aliphatic heterocycles. The van der Waals surface area contributed by atoms with Gasteiger partial charge in [-0.2, -0.15) is 4.98 Å². The van der Waals surface area contributed by atoms with Gasteiger partial charge in [-0.3, -0.25) is 9.59 Å². The molecule has 0 aliphatic rings. The molecule has 1 atom stereocenters. The predicted octanol–water partition coefficient (Wildman–Crippen LogP) is 1.60. The first kappa shape index (κ1) is 14.3. The highest BCUT2D eigenvalue weighted by Gasteiger charge is 2.19. The van der Waals surface area contributed by atoms with Crippen LogP contribution >= 0.6 is 11.6 Å². The van der Waals surface area contributed by atoms with Crippen molar-refractivity contribution in [3.8, 4) is 0 Å². The van der Waals surface area contributed by atoms with E-state index in [4.69, 9.17) is 16.1 Å². The van der Waals surface area contributed by atoms with E-state index in [-0.39, 0.29) is 16.5 Å². The number of aromatic nitrogens is 3. The lowest BCUT2D eigenvalue weighted by Crippen LogP contribution is -2.29. The van der Waals surface area contributed by atoms with Crippen LogP contribution in [0.25, 0.3) is 0 Å². The smallest absolute Gasteiger partial charge is 0.266 e. The molecule has 0 fully saturated rings. The van der Waals surface area contributed by atoms with Crippen LogP contribution in [0.4, 0.5) is 0 Å². The van der Waals surface area contributed by atoms with Gasteiger partial charge in [-0.05, 0) is 19.4 Å². The summed E-state index contributed by atoms with van der Waals surface area (Å²) in [6, 6.07) is 0.913. The van der Waals surface area contributed by atoms with E-state index in [2.05, 4.69) is 20.4 Å². The number of carbonyl (C=O) groups excluding carboxylic acids is 1. The summed E-state index contributed by atoms with van der Waals surface area (Å²) in [7, 11) is 0. The Kier molecular flexibility index (Phi) is 4.19. The van der Waals surface area contributed by atoms with Crippen LogP contribution in [-0.4, -0.2) is 21.0 Å². The third-order valence-electron chi connectivity index (χ3n) is 2.68. The molecule has 0 aromatic carbocycles. The summed E-state index contributed by atoms with van der Waals surface area (Å²) < 4.78 is 5.04. The van der Waals surface area contributed by atoms with Gasteiger partial charge >= 0.3 is 0 Å². The van der Waals surface area contributed by atoms with Crippen molar-refractivity contribution in [3.63, 3.8) is 0 Å². The highest BCUT2D eigenvalue weighted by molar-refractivity contribution is 6.30. The van der Waals surface area contributed by atoms with Gasteiger partial charge in [0.25, 0.3) is 11.5 Å². The van der Waals surface area contributed by atoms with Gasteiger partial charge in [-0.1, -0.05) is 23.7 Å². The fourth-order valence-corrected chi connectivity index (χ4v) is 1.79. The van der Waals surface area contributed by atoms with Gasteiger partial charge in [0.15, 0.2) is 5.82 Å². The minimum atomic E-state index is -0.442. The molecule has 0 radical (unpaired) electrons. The Balaban J connectivity index is 2.16. The number of carbonyl (C=O) groups is 1. The van der Waals surface area contributed by atoms with E-state index in [1.807, 2.05) is 6.92 Å². The summed E-state index contributed by atoms with van der Waals surface area (Å²) in [5.74, 6) is 0.458. The van der Waals surface area contributed by atoms with Crippen molar-refractivity contribution in [3.05, 3.63) is 44.9 Å². The maximum atomic E-state index is 12.1. The zero-order valence-corrected chi connectivity index (χ0v) is 11.7. The van der Waals surface area contributed by atoms with Crippen molar-refractivity contribution in [1.82, 2.24) is 20.4 Å². The maximum absolute atomic E-state index is 12.1. The number of nitrogens with one attached hydrogen (secondary N) is 2. The Morgan fingerprint density at radius 3 is 2.90 bits per heavy atom. The summed E-state index contributed by atoms with van der Waals surface area (Å²) in [6.07, 6.45) is 1.89. The van der Waals surface area contributed by atoms with Gasteiger partial charge < -0.3 is 14.8 Å². The average molecular weight is 297 g/mol. The highest BCUT2D eigenvalue weighted by Crippen LogP contribution is 2.15. The normalized spacial score (nSPS) is 12.2. The second-order valence-corrected chi connectivity index (χ2v) is 4.59. The van der Waals surface area contributed by atoms with E-state index >= 15 is 0 Å². The van der Waals surface area contributed by atoms with E-state index in [0.29, 0.717) is 18.1 Å². The molecular weight excluding hydrogens is 284 g/mol. The molecule has 2 aromatic rings. The van der Waals surface area contributed by atoms with Crippen molar-refractivity contribution < 1.29 is 9.32 Å². The first-order valence-electron chi connectivity index (χ1n) is 6.00. The second-order valence-electron chi connectivity index (χ2n) is 4.18. The number of nitrogens with zero attached hydrogens (tertiary/aromatic N) is 2. The quantitative estimate of drug-likeness (QED) is 0.892. The van der Waals surface area contributed by atoms with Crippen molar-refractivity contribution in [2.24, 2.45) is 0 Å². The molecule has 0 aliphatic carbocycles. The van der Waals surface area contributed by atoms with E-state index < -0.39 is 11.6 Å². The molecule has 1 amide bonds. The minimum Gasteiger partial charge on any atom is -0.340 e. The molecule has 106 valence electrons. The summed E-state index contributed by atoms with van der Waals surface area (Å²) in [5, 5.41) is 6.39. The Morgan fingerprint density at radius 2 is 2.35 bits per heavy atom. The Labute approximate surface area is 119 Å². The number of halogens is 1. The summed E-state index contributed by atoms with van der Waals surface area (Å²) in [6.45, 7) is 3.58. The third-order valence-corrected chi connectivity index (χ3v) is 2.96. The lowest BCUT2D eigenvalue weighted by molar-refractivity contribution is 0.0926. The van der Waals surface area contributed by atoms with Crippen molar-refractivity contribution in [2.45, 2.75) is 26.3 Å². The molecule has 2 N–H and O–H groups in total. The van der Waals surface area contributed by atoms with Crippen molar-refractivity contribution in [1.29, 1.82) is 0 Å². The van der Waals surface area contributed by atoms with E-state index in [9.17, 15) is 9.59 Å². The second kappa shape index (κ2) is 5.87. The standard InChI is InChI=1S/C12H13ClN4O3/c1-3-9(12-15-6(2)17-20-12)16-10(18)7-4-8(13)11(19)14-5-7/h4-5,9H,3H2,1-2H3,(H,14,19)(H,16,18). The molecule has 0 spiro atoms. The number of hydrogen-bond donors (Lipinski definition) is 2. The monoisotopic (exact) mass is 296 g/mol. The molecule has 1 unspecified atom stereocenters. The molecular formula is C12H13ClN4O3. The fourth-order valence-electron chi connectivity index (χ4n) is 1.62. The Hall–Kier alpha value is -2.15. The number of aromatic amines is 1. The van der Waals surface area contributed by atoms with Gasteiger partial charge in [-0.25, -0.2) is 0 Å². The van der Waals surface area contributed by atoms with E-state index in [1.54, 1.807) is 6.92 Å². The molecule has 8 heteroatoms. The lowest BCUT2D eigenvalue weighted by atomic mass is 10.2. The highest BCUT2D eigenvalue weighted by atomic mass is 35.5. The number of hydrogen-bond acceptors (Lipinski definition) is 5. The Morgan fingerprint density at radius 1 is 1.60 bits per heavy atom. The van der Waals surface area contributed by atoms with Gasteiger partial charge in [0.2, 0.25) is 5.89 Å². The number of rotatable bonds is 4. The van der Waals surface area contributed by atoms with Crippen LogP contribution in [0.5, 0.6) is 0 Å². The van der Waals surface area contributed by atoms with Crippen LogP contribution in [0.2, 0.25) is 5.02 Å². The summed E-state index contributed by atoms with van der Waals surface area (Å²) >= 11 is 5.68. The van der Waals surface area contributed by atoms with Crippen molar-refractivity contribution >= 4 is 17.5 Å². The van der Waals surface area contributed by atoms with Crippen LogP contribution in [0, 0.1) is 6.92 Å². The Bertz CT molecular complexity index is 679. The number of aryl methyl sites for hydroxylation is 1. The fraction of sp³-hybridized carbons (Fsp3) is 0.333. The number of amides is 1. The van der Waals surface area contributed by atoms with E-state index in [0.717, 1.165) is 0 Å². The SMILES string of the molecule is CCC(NC(=O)c1c[nH]c(=O)c(Cl)c1)c1nc(C)no1. The molecule has 0 bridgehead atoms. The third kappa shape index (κ3) is 3.05. The topological polar surface area (TPSA) is 101 Å². The predicted molar refractivity (Wildman–Crippen MR) is 71.6 cm³/mol. The minimum absolute atomic E-state index is 0.0423. The zero-order chi connectivity index (χ0) is 14.7. The first-order valence-corrected chi connectivity index (χ1v) is 6.38. The molecule has 2 heterocycles. The van der Waals surface area contributed by atoms with Crippen LogP contribution in [0.15, 0.2) is 21.6 Å². The van der Waals surface area contributed by atoms with Crippen molar-refractivity contribution in [2.75, 3.05) is 0 Å². The molecule has 2 aromatic heterocycles. The molecule has 0 saturated heterocycles. The lowest BCUT2D eigenvalue weighted by Gasteiger charge is -2.12. The van der Waals surface area contributed by atoms with Crippen LogP contribution in [0.1, 0.15) is 41.5 Å². The van der Waals surface area contributed by atoms with E-state index in [1.165, 1.54) is 12.3 Å². The number of H-pyrrole nitrogens is 1. The average Bonchev–Trinajstić information content (AvgIpc) is 2.85.